The van der Waals surface area contributed by atoms with Crippen molar-refractivity contribution in [2.24, 2.45) is 17.8 Å². The molecule has 3 aromatic rings. The zero-order valence-corrected chi connectivity index (χ0v) is 31.0. The SMILES string of the molecule is CC(C)CN(C[C@@H](O)[C@@H](CC(=O)O[C@H]1CO[C@H]2OCCC(NC(C)C)C21)Cc1cc(F)cc(F)c1)S(=O)(=O)c1ccc2nc(NC3CC3)sc2c1. The first kappa shape index (κ1) is 38.0. The van der Waals surface area contributed by atoms with Crippen molar-refractivity contribution in [1.82, 2.24) is 14.6 Å². The summed E-state index contributed by atoms with van der Waals surface area (Å²) in [6.07, 6.45) is -0.0652. The van der Waals surface area contributed by atoms with E-state index in [4.69, 9.17) is 14.2 Å². The monoisotopic (exact) mass is 750 g/mol. The minimum absolute atomic E-state index is 0.000679. The molecule has 6 rings (SSSR count). The van der Waals surface area contributed by atoms with E-state index in [1.54, 1.807) is 12.1 Å². The van der Waals surface area contributed by atoms with Crippen LogP contribution in [0.25, 0.3) is 10.2 Å². The highest BCUT2D eigenvalue weighted by atomic mass is 32.2. The van der Waals surface area contributed by atoms with E-state index in [1.807, 2.05) is 27.7 Å². The van der Waals surface area contributed by atoms with Crippen molar-refractivity contribution in [3.8, 4) is 0 Å². The Morgan fingerprint density at radius 3 is 2.51 bits per heavy atom. The number of nitrogens with one attached hydrogen (secondary N) is 2. The maximum absolute atomic E-state index is 14.3. The number of rotatable bonds is 16. The van der Waals surface area contributed by atoms with Gasteiger partial charge in [-0.3, -0.25) is 4.79 Å². The molecule has 3 N–H and O–H groups in total. The lowest BCUT2D eigenvalue weighted by atomic mass is 9.89. The summed E-state index contributed by atoms with van der Waals surface area (Å²) >= 11 is 1.39. The van der Waals surface area contributed by atoms with Crippen LogP contribution >= 0.6 is 11.3 Å². The Morgan fingerprint density at radius 2 is 1.82 bits per heavy atom. The van der Waals surface area contributed by atoms with Crippen LogP contribution in [-0.2, 0) is 35.4 Å². The number of benzene rings is 2. The molecule has 6 atom stereocenters. The lowest BCUT2D eigenvalue weighted by molar-refractivity contribution is -0.166. The first-order valence-electron chi connectivity index (χ1n) is 17.7. The molecule has 3 heterocycles. The van der Waals surface area contributed by atoms with Gasteiger partial charge in [-0.2, -0.15) is 4.31 Å². The van der Waals surface area contributed by atoms with Crippen LogP contribution < -0.4 is 10.6 Å². The van der Waals surface area contributed by atoms with Crippen LogP contribution in [0.15, 0.2) is 41.3 Å². The molecule has 0 radical (unpaired) electrons. The molecular formula is C36H48F2N4O7S2. The summed E-state index contributed by atoms with van der Waals surface area (Å²) in [7, 11) is -4.12. The molecule has 1 saturated carbocycles. The number of anilines is 1. The van der Waals surface area contributed by atoms with Crippen molar-refractivity contribution in [2.75, 3.05) is 31.6 Å². The smallest absolute Gasteiger partial charge is 0.306 e. The largest absolute Gasteiger partial charge is 0.459 e. The molecular weight excluding hydrogens is 703 g/mol. The average Bonchev–Trinajstić information content (AvgIpc) is 3.61. The minimum atomic E-state index is -4.12. The molecule has 2 aliphatic heterocycles. The van der Waals surface area contributed by atoms with Crippen molar-refractivity contribution >= 4 is 42.7 Å². The van der Waals surface area contributed by atoms with Gasteiger partial charge in [0.15, 0.2) is 11.4 Å². The van der Waals surface area contributed by atoms with Crippen LogP contribution in [0.4, 0.5) is 13.9 Å². The number of carbonyl (C=O) groups excluding carboxylic acids is 1. The highest BCUT2D eigenvalue weighted by Crippen LogP contribution is 2.35. The summed E-state index contributed by atoms with van der Waals surface area (Å²) in [4.78, 5) is 18.2. The van der Waals surface area contributed by atoms with Gasteiger partial charge in [-0.15, -0.1) is 0 Å². The summed E-state index contributed by atoms with van der Waals surface area (Å²) < 4.78 is 76.3. The number of halogens is 2. The molecule has 2 saturated heterocycles. The summed E-state index contributed by atoms with van der Waals surface area (Å²) in [5.41, 5.74) is 0.906. The number of nitrogens with zero attached hydrogens (tertiary/aromatic N) is 2. The Hall–Kier alpha value is -2.79. The normalized spacial score (nSPS) is 23.6. The van der Waals surface area contributed by atoms with E-state index in [0.29, 0.717) is 22.9 Å². The third kappa shape index (κ3) is 9.61. The Bertz CT molecular complexity index is 1770. The molecule has 0 bridgehead atoms. The Kier molecular flexibility index (Phi) is 12.0. The van der Waals surface area contributed by atoms with Crippen molar-refractivity contribution in [2.45, 2.75) is 101 Å². The van der Waals surface area contributed by atoms with Crippen LogP contribution in [0.3, 0.4) is 0 Å². The van der Waals surface area contributed by atoms with E-state index in [9.17, 15) is 27.1 Å². The second-order valence-corrected chi connectivity index (χ2v) is 17.7. The Balaban J connectivity index is 1.22. The summed E-state index contributed by atoms with van der Waals surface area (Å²) in [5, 5.41) is 19.3. The van der Waals surface area contributed by atoms with E-state index in [1.165, 1.54) is 21.7 Å². The van der Waals surface area contributed by atoms with Gasteiger partial charge in [0.1, 0.15) is 17.7 Å². The highest BCUT2D eigenvalue weighted by molar-refractivity contribution is 7.89. The molecule has 1 aliphatic carbocycles. The maximum atomic E-state index is 14.3. The molecule has 0 amide bonds. The van der Waals surface area contributed by atoms with Crippen molar-refractivity contribution in [3.05, 3.63) is 53.6 Å². The fraction of sp³-hybridized carbons (Fsp3) is 0.611. The number of hydrogen-bond donors (Lipinski definition) is 3. The minimum Gasteiger partial charge on any atom is -0.459 e. The number of aliphatic hydroxyl groups excluding tert-OH is 1. The molecule has 3 aliphatic rings. The molecule has 2 unspecified atom stereocenters. The molecule has 11 nitrogen and oxygen atoms in total. The standard InChI is InChI=1S/C36H48F2N4O7S2/c1-20(2)17-42(51(45,46)27-7-8-28-32(16-27)50-36(41-28)40-26-5-6-26)18-30(43)23(11-22-12-24(37)15-25(38)13-22)14-33(44)49-31-19-48-35-34(31)29(9-10-47-35)39-21(3)4/h7-8,12-13,15-16,20-21,23,26,29-31,34-35,39,43H,5-6,9-11,14,17-19H2,1-4H3,(H,40,41)/t23-,29?,30-,31+,34?,35-/m1/s1. The summed E-state index contributed by atoms with van der Waals surface area (Å²) in [5.74, 6) is -3.51. The fourth-order valence-electron chi connectivity index (χ4n) is 6.96. The number of thiazole rings is 1. The van der Waals surface area contributed by atoms with E-state index in [-0.39, 0.29) is 66.9 Å². The molecule has 51 heavy (non-hydrogen) atoms. The van der Waals surface area contributed by atoms with Crippen LogP contribution in [0, 0.1) is 29.4 Å². The van der Waals surface area contributed by atoms with Gasteiger partial charge >= 0.3 is 5.97 Å². The molecule has 1 aromatic heterocycles. The van der Waals surface area contributed by atoms with Gasteiger partial charge in [0.2, 0.25) is 10.0 Å². The third-order valence-corrected chi connectivity index (χ3v) is 12.2. The van der Waals surface area contributed by atoms with Crippen LogP contribution in [0.1, 0.15) is 58.9 Å². The van der Waals surface area contributed by atoms with E-state index >= 15 is 0 Å². The Morgan fingerprint density at radius 1 is 1.08 bits per heavy atom. The molecule has 3 fully saturated rings. The number of esters is 1. The van der Waals surface area contributed by atoms with E-state index in [2.05, 4.69) is 15.6 Å². The predicted octanol–water partition coefficient (Wildman–Crippen LogP) is 5.08. The maximum Gasteiger partial charge on any atom is 0.306 e. The number of ether oxygens (including phenoxy) is 3. The predicted molar refractivity (Wildman–Crippen MR) is 190 cm³/mol. The van der Waals surface area contributed by atoms with E-state index in [0.717, 1.165) is 42.6 Å². The number of aromatic nitrogens is 1. The van der Waals surface area contributed by atoms with Gasteiger partial charge in [0, 0.05) is 43.2 Å². The number of aliphatic hydroxyl groups is 1. The lowest BCUT2D eigenvalue weighted by Gasteiger charge is -2.36. The number of fused-ring (bicyclic) bond motifs is 2. The Labute approximate surface area is 302 Å². The van der Waals surface area contributed by atoms with Crippen molar-refractivity contribution in [1.29, 1.82) is 0 Å². The molecule has 15 heteroatoms. The molecule has 2 aromatic carbocycles. The molecule has 0 spiro atoms. The first-order valence-corrected chi connectivity index (χ1v) is 20.0. The second-order valence-electron chi connectivity index (χ2n) is 14.7. The third-order valence-electron chi connectivity index (χ3n) is 9.43. The first-order chi connectivity index (χ1) is 24.2. The average molecular weight is 751 g/mol. The number of hydrogen-bond acceptors (Lipinski definition) is 11. The highest BCUT2D eigenvalue weighted by Gasteiger charge is 2.48. The van der Waals surface area contributed by atoms with Crippen LogP contribution in [0.2, 0.25) is 0 Å². The molecule has 280 valence electrons. The van der Waals surface area contributed by atoms with Gasteiger partial charge in [-0.05, 0) is 67.5 Å². The quantitative estimate of drug-likeness (QED) is 0.170. The zero-order chi connectivity index (χ0) is 36.4. The van der Waals surface area contributed by atoms with Gasteiger partial charge < -0.3 is 30.0 Å². The number of carbonyl (C=O) groups is 1. The van der Waals surface area contributed by atoms with Crippen molar-refractivity contribution in [3.63, 3.8) is 0 Å². The number of sulfonamides is 1. The summed E-state index contributed by atoms with van der Waals surface area (Å²) in [6.45, 7) is 8.20. The zero-order valence-electron chi connectivity index (χ0n) is 29.4. The fourth-order valence-corrected chi connectivity index (χ4v) is 9.66. The van der Waals surface area contributed by atoms with Gasteiger partial charge in [-0.1, -0.05) is 39.0 Å². The van der Waals surface area contributed by atoms with Gasteiger partial charge in [0.25, 0.3) is 0 Å². The van der Waals surface area contributed by atoms with Crippen LogP contribution in [0.5, 0.6) is 0 Å². The summed E-state index contributed by atoms with van der Waals surface area (Å²) in [6, 6.07) is 8.40. The van der Waals surface area contributed by atoms with Gasteiger partial charge in [-0.25, -0.2) is 22.2 Å². The van der Waals surface area contributed by atoms with E-state index < -0.39 is 52.0 Å². The van der Waals surface area contributed by atoms with Crippen molar-refractivity contribution < 1.29 is 41.3 Å². The second kappa shape index (κ2) is 16.1. The topological polar surface area (TPSA) is 139 Å². The lowest BCUT2D eigenvalue weighted by Crippen LogP contribution is -2.52. The van der Waals surface area contributed by atoms with Gasteiger partial charge in [0.05, 0.1) is 46.8 Å². The van der Waals surface area contributed by atoms with Crippen LogP contribution in [-0.4, -0.2) is 91.7 Å².